The lowest BCUT2D eigenvalue weighted by molar-refractivity contribution is -0.143. The molecule has 172 valence electrons. The van der Waals surface area contributed by atoms with Gasteiger partial charge >= 0.3 is 6.09 Å². The number of aliphatic hydroxyl groups is 1. The van der Waals surface area contributed by atoms with Gasteiger partial charge in [-0.1, -0.05) is 36.4 Å². The molecule has 0 aromatic heterocycles. The second-order valence-corrected chi connectivity index (χ2v) is 9.21. The number of nitrogens with zero attached hydrogens (tertiary/aromatic N) is 1. The molecule has 2 atom stereocenters. The minimum absolute atomic E-state index is 0.0302. The average molecular weight is 434 g/mol. The van der Waals surface area contributed by atoms with Gasteiger partial charge in [0.15, 0.2) is 0 Å². The van der Waals surface area contributed by atoms with Crippen molar-refractivity contribution in [1.29, 1.82) is 0 Å². The molecule has 0 saturated heterocycles. The van der Waals surface area contributed by atoms with Gasteiger partial charge in [0.05, 0.1) is 6.61 Å². The SMILES string of the molecule is C=CCN(C(=O)C(CO)NC(=O)OC(C)(C)C)C(C(=O)NC(C)(C)C)c1ccccc1. The van der Waals surface area contributed by atoms with Gasteiger partial charge in [0, 0.05) is 12.1 Å². The summed E-state index contributed by atoms with van der Waals surface area (Å²) in [7, 11) is 0. The summed E-state index contributed by atoms with van der Waals surface area (Å²) in [4.78, 5) is 39.9. The summed E-state index contributed by atoms with van der Waals surface area (Å²) in [5.74, 6) is -1.02. The molecule has 1 rings (SSSR count). The van der Waals surface area contributed by atoms with Crippen LogP contribution in [0.15, 0.2) is 43.0 Å². The van der Waals surface area contributed by atoms with E-state index < -0.39 is 41.8 Å². The summed E-state index contributed by atoms with van der Waals surface area (Å²) in [5.41, 5.74) is -0.709. The molecule has 1 aromatic rings. The normalized spacial score (nSPS) is 13.5. The second-order valence-electron chi connectivity index (χ2n) is 9.21. The largest absolute Gasteiger partial charge is 0.444 e. The van der Waals surface area contributed by atoms with E-state index in [2.05, 4.69) is 17.2 Å². The lowest BCUT2D eigenvalue weighted by atomic mass is 10.0. The first-order valence-electron chi connectivity index (χ1n) is 10.2. The number of carbonyl (C=O) groups excluding carboxylic acids is 3. The molecule has 0 aliphatic heterocycles. The molecular formula is C23H35N3O5. The van der Waals surface area contributed by atoms with Gasteiger partial charge in [-0.05, 0) is 47.1 Å². The molecule has 8 nitrogen and oxygen atoms in total. The molecule has 0 spiro atoms. The van der Waals surface area contributed by atoms with Crippen molar-refractivity contribution in [3.05, 3.63) is 48.6 Å². The number of nitrogens with one attached hydrogen (secondary N) is 2. The minimum Gasteiger partial charge on any atom is -0.444 e. The lowest BCUT2D eigenvalue weighted by Crippen LogP contribution is -2.55. The predicted octanol–water partition coefficient (Wildman–Crippen LogP) is 2.54. The van der Waals surface area contributed by atoms with Gasteiger partial charge in [0.25, 0.3) is 0 Å². The molecule has 0 saturated carbocycles. The van der Waals surface area contributed by atoms with Crippen LogP contribution in [-0.2, 0) is 14.3 Å². The number of amides is 3. The van der Waals surface area contributed by atoms with Crippen LogP contribution in [0.2, 0.25) is 0 Å². The fourth-order valence-electron chi connectivity index (χ4n) is 2.84. The summed E-state index contributed by atoms with van der Waals surface area (Å²) < 4.78 is 5.19. The third-order valence-electron chi connectivity index (χ3n) is 3.95. The number of aliphatic hydroxyl groups excluding tert-OH is 1. The van der Waals surface area contributed by atoms with Crippen molar-refractivity contribution in [2.75, 3.05) is 13.2 Å². The Labute approximate surface area is 184 Å². The van der Waals surface area contributed by atoms with E-state index >= 15 is 0 Å². The van der Waals surface area contributed by atoms with E-state index in [1.807, 2.05) is 26.8 Å². The highest BCUT2D eigenvalue weighted by molar-refractivity contribution is 5.92. The molecule has 0 radical (unpaired) electrons. The van der Waals surface area contributed by atoms with Gasteiger partial charge in [-0.25, -0.2) is 4.79 Å². The van der Waals surface area contributed by atoms with E-state index in [4.69, 9.17) is 4.74 Å². The topological polar surface area (TPSA) is 108 Å². The Hall–Kier alpha value is -2.87. The quantitative estimate of drug-likeness (QED) is 0.546. The van der Waals surface area contributed by atoms with Gasteiger partial charge in [0.2, 0.25) is 11.8 Å². The Morgan fingerprint density at radius 3 is 2.16 bits per heavy atom. The van der Waals surface area contributed by atoms with Crippen LogP contribution in [0.25, 0.3) is 0 Å². The van der Waals surface area contributed by atoms with E-state index in [1.54, 1.807) is 45.0 Å². The fourth-order valence-corrected chi connectivity index (χ4v) is 2.84. The number of carbonyl (C=O) groups is 3. The highest BCUT2D eigenvalue weighted by Crippen LogP contribution is 2.23. The van der Waals surface area contributed by atoms with Crippen LogP contribution in [0.4, 0.5) is 4.79 Å². The van der Waals surface area contributed by atoms with Crippen molar-refractivity contribution in [2.24, 2.45) is 0 Å². The van der Waals surface area contributed by atoms with E-state index in [0.717, 1.165) is 0 Å². The van der Waals surface area contributed by atoms with Crippen molar-refractivity contribution >= 4 is 17.9 Å². The van der Waals surface area contributed by atoms with Crippen LogP contribution in [0.1, 0.15) is 53.1 Å². The highest BCUT2D eigenvalue weighted by atomic mass is 16.6. The van der Waals surface area contributed by atoms with E-state index in [0.29, 0.717) is 5.56 Å². The van der Waals surface area contributed by atoms with Crippen LogP contribution in [-0.4, -0.2) is 58.2 Å². The molecule has 3 amide bonds. The maximum Gasteiger partial charge on any atom is 0.408 e. The number of benzene rings is 1. The fraction of sp³-hybridized carbons (Fsp3) is 0.522. The molecule has 0 heterocycles. The molecule has 8 heteroatoms. The predicted molar refractivity (Wildman–Crippen MR) is 119 cm³/mol. The Morgan fingerprint density at radius 2 is 1.71 bits per heavy atom. The highest BCUT2D eigenvalue weighted by Gasteiger charge is 2.36. The molecular weight excluding hydrogens is 398 g/mol. The zero-order valence-corrected chi connectivity index (χ0v) is 19.3. The Morgan fingerprint density at radius 1 is 1.13 bits per heavy atom. The first-order chi connectivity index (χ1) is 14.3. The smallest absolute Gasteiger partial charge is 0.408 e. The zero-order valence-electron chi connectivity index (χ0n) is 19.3. The summed E-state index contributed by atoms with van der Waals surface area (Å²) >= 11 is 0. The molecule has 0 bridgehead atoms. The maximum absolute atomic E-state index is 13.3. The zero-order chi connectivity index (χ0) is 23.8. The summed E-state index contributed by atoms with van der Waals surface area (Å²) in [6.45, 7) is 13.6. The number of alkyl carbamates (subject to hydrolysis) is 1. The molecule has 31 heavy (non-hydrogen) atoms. The summed E-state index contributed by atoms with van der Waals surface area (Å²) in [6.07, 6.45) is 0.647. The van der Waals surface area contributed by atoms with Crippen molar-refractivity contribution in [2.45, 2.75) is 64.8 Å². The van der Waals surface area contributed by atoms with Crippen LogP contribution in [0, 0.1) is 0 Å². The minimum atomic E-state index is -1.29. The van der Waals surface area contributed by atoms with Gasteiger partial charge in [0.1, 0.15) is 17.7 Å². The van der Waals surface area contributed by atoms with E-state index in [-0.39, 0.29) is 12.5 Å². The molecule has 0 aliphatic carbocycles. The number of ether oxygens (including phenoxy) is 1. The van der Waals surface area contributed by atoms with E-state index in [1.165, 1.54) is 11.0 Å². The average Bonchev–Trinajstić information content (AvgIpc) is 2.63. The molecule has 1 aromatic carbocycles. The first kappa shape index (κ1) is 26.2. The number of hydrogen-bond donors (Lipinski definition) is 3. The van der Waals surface area contributed by atoms with Crippen molar-refractivity contribution < 1.29 is 24.2 Å². The Kier molecular flexibility index (Phi) is 9.24. The second kappa shape index (κ2) is 10.9. The summed E-state index contributed by atoms with van der Waals surface area (Å²) in [5, 5.41) is 15.1. The standard InChI is InChI=1S/C23H35N3O5/c1-8-14-26(20(29)17(15-27)24-21(30)31-23(5,6)7)18(16-12-10-9-11-13-16)19(28)25-22(2,3)4/h8-13,17-18,27H,1,14-15H2,2-7H3,(H,24,30)(H,25,28). The molecule has 3 N–H and O–H groups in total. The Balaban J connectivity index is 3.29. The lowest BCUT2D eigenvalue weighted by Gasteiger charge is -2.35. The van der Waals surface area contributed by atoms with Crippen LogP contribution in [0.5, 0.6) is 0 Å². The maximum atomic E-state index is 13.3. The van der Waals surface area contributed by atoms with Gasteiger partial charge in [-0.15, -0.1) is 6.58 Å². The number of rotatable bonds is 8. The van der Waals surface area contributed by atoms with Crippen molar-refractivity contribution in [1.82, 2.24) is 15.5 Å². The van der Waals surface area contributed by atoms with Gasteiger partial charge in [-0.3, -0.25) is 9.59 Å². The van der Waals surface area contributed by atoms with Gasteiger partial charge < -0.3 is 25.4 Å². The molecule has 2 unspecified atom stereocenters. The van der Waals surface area contributed by atoms with Crippen LogP contribution in [0.3, 0.4) is 0 Å². The third-order valence-corrected chi connectivity index (χ3v) is 3.95. The molecule has 0 aliphatic rings. The molecule has 0 fully saturated rings. The van der Waals surface area contributed by atoms with Crippen LogP contribution >= 0.6 is 0 Å². The monoisotopic (exact) mass is 433 g/mol. The van der Waals surface area contributed by atoms with Crippen LogP contribution < -0.4 is 10.6 Å². The van der Waals surface area contributed by atoms with E-state index in [9.17, 15) is 19.5 Å². The van der Waals surface area contributed by atoms with Crippen molar-refractivity contribution in [3.63, 3.8) is 0 Å². The van der Waals surface area contributed by atoms with Gasteiger partial charge in [-0.2, -0.15) is 0 Å². The number of hydrogen-bond acceptors (Lipinski definition) is 5. The summed E-state index contributed by atoms with van der Waals surface area (Å²) in [6, 6.07) is 6.56. The third kappa shape index (κ3) is 8.80. The first-order valence-corrected chi connectivity index (χ1v) is 10.2. The Bertz CT molecular complexity index is 766. The van der Waals surface area contributed by atoms with Crippen molar-refractivity contribution in [3.8, 4) is 0 Å².